The van der Waals surface area contributed by atoms with Gasteiger partial charge in [-0.3, -0.25) is 4.79 Å². The minimum Gasteiger partial charge on any atom is -0.285 e. The summed E-state index contributed by atoms with van der Waals surface area (Å²) in [5.74, 6) is 0. The first-order valence-electron chi connectivity index (χ1n) is 2.48. The van der Waals surface area contributed by atoms with Crippen LogP contribution in [0.5, 0.6) is 0 Å². The van der Waals surface area contributed by atoms with Crippen molar-refractivity contribution in [2.24, 2.45) is 0 Å². The van der Waals surface area contributed by atoms with Gasteiger partial charge in [-0.1, -0.05) is 28.9 Å². The fourth-order valence-electron chi connectivity index (χ4n) is 0.370. The van der Waals surface area contributed by atoms with Crippen molar-refractivity contribution in [2.45, 2.75) is 13.3 Å². The zero-order chi connectivity index (χ0) is 6.41. The van der Waals surface area contributed by atoms with Crippen molar-refractivity contribution >= 4 is 22.2 Å². The summed E-state index contributed by atoms with van der Waals surface area (Å²) in [5, 5.41) is 0.615. The SMILES string of the molecule is CCC=C([C]=O)CBr. The molecule has 0 bridgehead atoms. The Morgan fingerprint density at radius 1 is 1.88 bits per heavy atom. The summed E-state index contributed by atoms with van der Waals surface area (Å²) < 4.78 is 0. The molecule has 0 unspecified atom stereocenters. The number of allylic oxidation sites excluding steroid dienone is 2. The van der Waals surface area contributed by atoms with Gasteiger partial charge in [0, 0.05) is 10.9 Å². The Morgan fingerprint density at radius 2 is 2.50 bits per heavy atom. The van der Waals surface area contributed by atoms with E-state index >= 15 is 0 Å². The maximum atomic E-state index is 9.90. The number of carbonyl (C=O) groups excluding carboxylic acids is 1. The molecule has 0 fully saturated rings. The van der Waals surface area contributed by atoms with Gasteiger partial charge in [-0.25, -0.2) is 0 Å². The fourth-order valence-corrected chi connectivity index (χ4v) is 0.713. The molecule has 0 spiro atoms. The van der Waals surface area contributed by atoms with Crippen LogP contribution in [0.25, 0.3) is 0 Å². The van der Waals surface area contributed by atoms with Crippen LogP contribution < -0.4 is 0 Å². The van der Waals surface area contributed by atoms with Gasteiger partial charge in [-0.15, -0.1) is 0 Å². The van der Waals surface area contributed by atoms with Gasteiger partial charge in [0.2, 0.25) is 6.29 Å². The van der Waals surface area contributed by atoms with Crippen LogP contribution in [-0.2, 0) is 4.79 Å². The molecule has 45 valence electrons. The Bertz CT molecular complexity index is 96.7. The van der Waals surface area contributed by atoms with E-state index in [1.807, 2.05) is 19.3 Å². The standard InChI is InChI=1S/C6H8BrO/c1-2-3-6(4-7)5-8/h3H,2,4H2,1H3. The van der Waals surface area contributed by atoms with E-state index in [0.29, 0.717) is 10.9 Å². The smallest absolute Gasteiger partial charge is 0.229 e. The Morgan fingerprint density at radius 3 is 2.62 bits per heavy atom. The van der Waals surface area contributed by atoms with E-state index in [0.717, 1.165) is 6.42 Å². The zero-order valence-corrected chi connectivity index (χ0v) is 6.36. The van der Waals surface area contributed by atoms with E-state index in [4.69, 9.17) is 0 Å². The zero-order valence-electron chi connectivity index (χ0n) is 4.78. The first kappa shape index (κ1) is 7.89. The largest absolute Gasteiger partial charge is 0.285 e. The molecule has 1 nitrogen and oxygen atoms in total. The molecule has 0 saturated heterocycles. The Labute approximate surface area is 57.9 Å². The lowest BCUT2D eigenvalue weighted by Crippen LogP contribution is -1.83. The van der Waals surface area contributed by atoms with Gasteiger partial charge in [0.15, 0.2) is 0 Å². The average Bonchev–Trinajstić information content (AvgIpc) is 1.83. The number of hydrogen-bond donors (Lipinski definition) is 0. The Balaban J connectivity index is 3.66. The minimum atomic E-state index is 0.615. The van der Waals surface area contributed by atoms with Crippen LogP contribution in [0.1, 0.15) is 13.3 Å². The summed E-state index contributed by atoms with van der Waals surface area (Å²) in [6.45, 7) is 1.99. The first-order chi connectivity index (χ1) is 3.85. The highest BCUT2D eigenvalue weighted by molar-refractivity contribution is 9.09. The quantitative estimate of drug-likeness (QED) is 0.473. The highest BCUT2D eigenvalue weighted by Gasteiger charge is 1.88. The monoisotopic (exact) mass is 175 g/mol. The molecule has 0 saturated carbocycles. The number of rotatable bonds is 3. The number of alkyl halides is 1. The van der Waals surface area contributed by atoms with E-state index in [1.54, 1.807) is 0 Å². The van der Waals surface area contributed by atoms with Crippen molar-refractivity contribution in [1.82, 2.24) is 0 Å². The molecule has 0 aliphatic rings. The molecule has 0 rings (SSSR count). The second kappa shape index (κ2) is 5.04. The third-order valence-corrected chi connectivity index (χ3v) is 1.33. The van der Waals surface area contributed by atoms with E-state index in [2.05, 4.69) is 15.9 Å². The molecule has 0 atom stereocenters. The maximum absolute atomic E-state index is 9.90. The van der Waals surface area contributed by atoms with Crippen LogP contribution in [0.3, 0.4) is 0 Å². The minimum absolute atomic E-state index is 0.615. The normalized spacial score (nSPS) is 11.5. The van der Waals surface area contributed by atoms with Crippen molar-refractivity contribution in [3.05, 3.63) is 11.6 Å². The van der Waals surface area contributed by atoms with Crippen molar-refractivity contribution < 1.29 is 4.79 Å². The van der Waals surface area contributed by atoms with Gasteiger partial charge in [0.05, 0.1) is 0 Å². The lowest BCUT2D eigenvalue weighted by atomic mass is 10.3. The van der Waals surface area contributed by atoms with E-state index in [-0.39, 0.29) is 0 Å². The van der Waals surface area contributed by atoms with Gasteiger partial charge < -0.3 is 0 Å². The highest BCUT2D eigenvalue weighted by Crippen LogP contribution is 1.96. The van der Waals surface area contributed by atoms with E-state index in [9.17, 15) is 4.79 Å². The van der Waals surface area contributed by atoms with Gasteiger partial charge in [-0.05, 0) is 6.42 Å². The molecule has 0 aliphatic carbocycles. The number of hydrogen-bond acceptors (Lipinski definition) is 1. The van der Waals surface area contributed by atoms with Crippen LogP contribution in [0, 0.1) is 0 Å². The van der Waals surface area contributed by atoms with E-state index < -0.39 is 0 Å². The van der Waals surface area contributed by atoms with Crippen LogP contribution in [0.2, 0.25) is 0 Å². The first-order valence-corrected chi connectivity index (χ1v) is 3.60. The molecular weight excluding hydrogens is 168 g/mol. The lowest BCUT2D eigenvalue weighted by molar-refractivity contribution is 0.562. The summed E-state index contributed by atoms with van der Waals surface area (Å²) in [6.07, 6.45) is 4.56. The predicted molar refractivity (Wildman–Crippen MR) is 37.9 cm³/mol. The topological polar surface area (TPSA) is 17.1 Å². The third kappa shape index (κ3) is 2.97. The third-order valence-electron chi connectivity index (χ3n) is 0.726. The van der Waals surface area contributed by atoms with E-state index in [1.165, 1.54) is 0 Å². The maximum Gasteiger partial charge on any atom is 0.229 e. The summed E-state index contributed by atoms with van der Waals surface area (Å²) in [7, 11) is 0. The molecule has 0 aromatic carbocycles. The van der Waals surface area contributed by atoms with Crippen LogP contribution in [-0.4, -0.2) is 11.6 Å². The van der Waals surface area contributed by atoms with Crippen molar-refractivity contribution in [2.75, 3.05) is 5.33 Å². The highest BCUT2D eigenvalue weighted by atomic mass is 79.9. The fraction of sp³-hybridized carbons (Fsp3) is 0.500. The summed E-state index contributed by atoms with van der Waals surface area (Å²) in [6, 6.07) is 0. The molecule has 2 heteroatoms. The van der Waals surface area contributed by atoms with Gasteiger partial charge in [0.1, 0.15) is 0 Å². The molecule has 0 aromatic rings. The van der Waals surface area contributed by atoms with Crippen molar-refractivity contribution in [1.29, 1.82) is 0 Å². The Kier molecular flexibility index (Phi) is 4.97. The average molecular weight is 176 g/mol. The second-order valence-corrected chi connectivity index (χ2v) is 1.93. The molecule has 1 radical (unpaired) electrons. The predicted octanol–water partition coefficient (Wildman–Crippen LogP) is 1.83. The molecule has 8 heavy (non-hydrogen) atoms. The summed E-state index contributed by atoms with van der Waals surface area (Å²) >= 11 is 3.15. The summed E-state index contributed by atoms with van der Waals surface area (Å²) in [5.41, 5.74) is 0.701. The molecule has 0 aromatic heterocycles. The van der Waals surface area contributed by atoms with Crippen LogP contribution in [0.15, 0.2) is 11.6 Å². The molecule has 0 heterocycles. The van der Waals surface area contributed by atoms with Crippen LogP contribution in [0.4, 0.5) is 0 Å². The lowest BCUT2D eigenvalue weighted by Gasteiger charge is -1.84. The molecule has 0 aliphatic heterocycles. The Hall–Kier alpha value is -0.110. The summed E-state index contributed by atoms with van der Waals surface area (Å²) in [4.78, 5) is 9.90. The molecule has 0 N–H and O–H groups in total. The van der Waals surface area contributed by atoms with Gasteiger partial charge in [-0.2, -0.15) is 0 Å². The van der Waals surface area contributed by atoms with Crippen molar-refractivity contribution in [3.63, 3.8) is 0 Å². The number of halogens is 1. The van der Waals surface area contributed by atoms with Gasteiger partial charge >= 0.3 is 0 Å². The van der Waals surface area contributed by atoms with Crippen molar-refractivity contribution in [3.8, 4) is 0 Å². The van der Waals surface area contributed by atoms with Crippen LogP contribution >= 0.6 is 15.9 Å². The van der Waals surface area contributed by atoms with Gasteiger partial charge in [0.25, 0.3) is 0 Å². The molecular formula is C6H8BrO. The second-order valence-electron chi connectivity index (χ2n) is 1.37. The molecule has 0 amide bonds.